The molecular formula is C17H18BrNO2. The highest BCUT2D eigenvalue weighted by Crippen LogP contribution is 2.17. The minimum atomic E-state index is -0.132. The first kappa shape index (κ1) is 15.6. The van der Waals surface area contributed by atoms with Crippen LogP contribution in [-0.4, -0.2) is 12.0 Å². The number of hydrogen-bond acceptors (Lipinski definition) is 2. The van der Waals surface area contributed by atoms with Crippen molar-refractivity contribution in [2.75, 3.05) is 5.32 Å². The summed E-state index contributed by atoms with van der Waals surface area (Å²) in [5, 5.41) is 2.86. The van der Waals surface area contributed by atoms with Gasteiger partial charge in [-0.2, -0.15) is 0 Å². The molecule has 0 radical (unpaired) electrons. The van der Waals surface area contributed by atoms with E-state index >= 15 is 0 Å². The Kier molecular flexibility index (Phi) is 5.39. The molecule has 0 aliphatic rings. The van der Waals surface area contributed by atoms with Crippen LogP contribution in [0.2, 0.25) is 0 Å². The second kappa shape index (κ2) is 7.27. The Bertz CT molecular complexity index is 593. The molecule has 0 aromatic heterocycles. The molecule has 0 fully saturated rings. The van der Waals surface area contributed by atoms with Gasteiger partial charge in [-0.05, 0) is 61.9 Å². The molecule has 1 N–H and O–H groups in total. The van der Waals surface area contributed by atoms with Gasteiger partial charge in [0.15, 0.2) is 0 Å². The van der Waals surface area contributed by atoms with Gasteiger partial charge < -0.3 is 10.1 Å². The smallest absolute Gasteiger partial charge is 0.255 e. The van der Waals surface area contributed by atoms with Crippen LogP contribution in [0.25, 0.3) is 0 Å². The first-order valence-electron chi connectivity index (χ1n) is 6.92. The van der Waals surface area contributed by atoms with Crippen molar-refractivity contribution in [3.8, 4) is 5.75 Å². The van der Waals surface area contributed by atoms with E-state index in [2.05, 4.69) is 28.2 Å². The summed E-state index contributed by atoms with van der Waals surface area (Å²) < 4.78 is 6.67. The molecule has 21 heavy (non-hydrogen) atoms. The molecule has 0 aliphatic heterocycles. The molecule has 0 saturated heterocycles. The van der Waals surface area contributed by atoms with Crippen LogP contribution in [0, 0.1) is 0 Å². The zero-order valence-electron chi connectivity index (χ0n) is 12.1. The molecule has 2 aromatic carbocycles. The first-order chi connectivity index (χ1) is 10.1. The average molecular weight is 348 g/mol. The van der Waals surface area contributed by atoms with Crippen molar-refractivity contribution in [1.82, 2.24) is 0 Å². The van der Waals surface area contributed by atoms with Crippen LogP contribution in [0.1, 0.15) is 30.6 Å². The predicted octanol–water partition coefficient (Wildman–Crippen LogP) is 4.88. The van der Waals surface area contributed by atoms with E-state index in [1.54, 1.807) is 12.1 Å². The second-order valence-corrected chi connectivity index (χ2v) is 5.74. The van der Waals surface area contributed by atoms with Crippen molar-refractivity contribution in [2.24, 2.45) is 0 Å². The van der Waals surface area contributed by atoms with Crippen molar-refractivity contribution in [1.29, 1.82) is 0 Å². The fourth-order valence-electron chi connectivity index (χ4n) is 1.74. The van der Waals surface area contributed by atoms with E-state index in [1.807, 2.05) is 43.3 Å². The molecule has 2 rings (SSSR count). The van der Waals surface area contributed by atoms with Crippen LogP contribution in [0.3, 0.4) is 0 Å². The lowest BCUT2D eigenvalue weighted by Crippen LogP contribution is -2.12. The molecule has 1 unspecified atom stereocenters. The summed E-state index contributed by atoms with van der Waals surface area (Å²) in [7, 11) is 0. The van der Waals surface area contributed by atoms with E-state index in [1.165, 1.54) is 0 Å². The topological polar surface area (TPSA) is 38.3 Å². The average Bonchev–Trinajstić information content (AvgIpc) is 2.50. The van der Waals surface area contributed by atoms with Gasteiger partial charge in [-0.25, -0.2) is 0 Å². The van der Waals surface area contributed by atoms with Crippen LogP contribution >= 0.6 is 15.9 Å². The molecule has 0 heterocycles. The standard InChI is InChI=1S/C17H18BrNO2/c1-3-12(2)21-16-10-4-13(5-11-16)17(20)19-15-8-6-14(18)7-9-15/h4-12H,3H2,1-2H3,(H,19,20). The third kappa shape index (κ3) is 4.60. The number of halogens is 1. The maximum Gasteiger partial charge on any atom is 0.255 e. The van der Waals surface area contributed by atoms with Gasteiger partial charge in [0.25, 0.3) is 5.91 Å². The fraction of sp³-hybridized carbons (Fsp3) is 0.235. The number of anilines is 1. The van der Waals surface area contributed by atoms with Crippen LogP contribution < -0.4 is 10.1 Å². The Morgan fingerprint density at radius 2 is 1.76 bits per heavy atom. The van der Waals surface area contributed by atoms with Crippen LogP contribution in [0.15, 0.2) is 53.0 Å². The number of carbonyl (C=O) groups is 1. The summed E-state index contributed by atoms with van der Waals surface area (Å²) in [5.74, 6) is 0.650. The number of rotatable bonds is 5. The Balaban J connectivity index is 2.01. The molecule has 0 spiro atoms. The Hall–Kier alpha value is -1.81. The van der Waals surface area contributed by atoms with Crippen molar-refractivity contribution in [2.45, 2.75) is 26.4 Å². The monoisotopic (exact) mass is 347 g/mol. The van der Waals surface area contributed by atoms with Crippen molar-refractivity contribution >= 4 is 27.5 Å². The van der Waals surface area contributed by atoms with E-state index in [-0.39, 0.29) is 12.0 Å². The van der Waals surface area contributed by atoms with Crippen LogP contribution in [0.5, 0.6) is 5.75 Å². The van der Waals surface area contributed by atoms with E-state index in [0.29, 0.717) is 5.56 Å². The van der Waals surface area contributed by atoms with E-state index in [4.69, 9.17) is 4.74 Å². The predicted molar refractivity (Wildman–Crippen MR) is 88.9 cm³/mol. The van der Waals surface area contributed by atoms with Crippen molar-refractivity contribution in [3.05, 3.63) is 58.6 Å². The van der Waals surface area contributed by atoms with Gasteiger partial charge in [0.05, 0.1) is 6.10 Å². The Morgan fingerprint density at radius 3 is 2.33 bits per heavy atom. The summed E-state index contributed by atoms with van der Waals surface area (Å²) in [6, 6.07) is 14.7. The molecule has 1 amide bonds. The molecular weight excluding hydrogens is 330 g/mol. The Morgan fingerprint density at radius 1 is 1.14 bits per heavy atom. The summed E-state index contributed by atoms with van der Waals surface area (Å²) >= 11 is 3.36. The number of amides is 1. The third-order valence-electron chi connectivity index (χ3n) is 3.13. The molecule has 3 nitrogen and oxygen atoms in total. The zero-order valence-corrected chi connectivity index (χ0v) is 13.7. The summed E-state index contributed by atoms with van der Waals surface area (Å²) in [6.07, 6.45) is 1.12. The van der Waals surface area contributed by atoms with Crippen molar-refractivity contribution in [3.63, 3.8) is 0 Å². The van der Waals surface area contributed by atoms with Crippen LogP contribution in [0.4, 0.5) is 5.69 Å². The summed E-state index contributed by atoms with van der Waals surface area (Å²) in [6.45, 7) is 4.10. The third-order valence-corrected chi connectivity index (χ3v) is 3.66. The molecule has 0 saturated carbocycles. The maximum absolute atomic E-state index is 12.1. The van der Waals surface area contributed by atoms with Crippen LogP contribution in [-0.2, 0) is 0 Å². The first-order valence-corrected chi connectivity index (χ1v) is 7.71. The molecule has 110 valence electrons. The number of carbonyl (C=O) groups excluding carboxylic acids is 1. The highest BCUT2D eigenvalue weighted by Gasteiger charge is 2.07. The fourth-order valence-corrected chi connectivity index (χ4v) is 2.00. The number of hydrogen-bond donors (Lipinski definition) is 1. The van der Waals surface area contributed by atoms with E-state index in [0.717, 1.165) is 22.3 Å². The summed E-state index contributed by atoms with van der Waals surface area (Å²) in [5.41, 5.74) is 1.37. The SMILES string of the molecule is CCC(C)Oc1ccc(C(=O)Nc2ccc(Br)cc2)cc1. The lowest BCUT2D eigenvalue weighted by molar-refractivity contribution is 0.102. The quantitative estimate of drug-likeness (QED) is 0.836. The number of nitrogens with one attached hydrogen (secondary N) is 1. The molecule has 1 atom stereocenters. The highest BCUT2D eigenvalue weighted by atomic mass is 79.9. The van der Waals surface area contributed by atoms with Gasteiger partial charge in [-0.1, -0.05) is 22.9 Å². The minimum Gasteiger partial charge on any atom is -0.491 e. The normalized spacial score (nSPS) is 11.8. The molecule has 0 aliphatic carbocycles. The lowest BCUT2D eigenvalue weighted by Gasteiger charge is -2.12. The van der Waals surface area contributed by atoms with Gasteiger partial charge in [-0.15, -0.1) is 0 Å². The number of benzene rings is 2. The van der Waals surface area contributed by atoms with Gasteiger partial charge in [0.1, 0.15) is 5.75 Å². The largest absolute Gasteiger partial charge is 0.491 e. The van der Waals surface area contributed by atoms with E-state index < -0.39 is 0 Å². The molecule has 4 heteroatoms. The minimum absolute atomic E-state index is 0.132. The summed E-state index contributed by atoms with van der Waals surface area (Å²) in [4.78, 5) is 12.1. The maximum atomic E-state index is 12.1. The zero-order chi connectivity index (χ0) is 15.2. The second-order valence-electron chi connectivity index (χ2n) is 4.82. The van der Waals surface area contributed by atoms with Crippen molar-refractivity contribution < 1.29 is 9.53 Å². The van der Waals surface area contributed by atoms with E-state index in [9.17, 15) is 4.79 Å². The van der Waals surface area contributed by atoms with Gasteiger partial charge in [0.2, 0.25) is 0 Å². The number of ether oxygens (including phenoxy) is 1. The Labute approximate surface area is 133 Å². The molecule has 0 bridgehead atoms. The molecule has 2 aromatic rings. The highest BCUT2D eigenvalue weighted by molar-refractivity contribution is 9.10. The van der Waals surface area contributed by atoms with Gasteiger partial charge >= 0.3 is 0 Å². The van der Waals surface area contributed by atoms with Gasteiger partial charge in [0, 0.05) is 15.7 Å². The lowest BCUT2D eigenvalue weighted by atomic mass is 10.2. The van der Waals surface area contributed by atoms with Gasteiger partial charge in [-0.3, -0.25) is 4.79 Å².